The average molecular weight is 474 g/mol. The van der Waals surface area contributed by atoms with Gasteiger partial charge in [-0.05, 0) is 78.3 Å². The summed E-state index contributed by atoms with van der Waals surface area (Å²) in [5, 5.41) is 10.9. The number of hydrogen-bond acceptors (Lipinski definition) is 6. The minimum atomic E-state index is -0.727. The first-order valence-corrected chi connectivity index (χ1v) is 12.3. The molecule has 9 heteroatoms. The molecule has 3 aliphatic rings. The Kier molecular flexibility index (Phi) is 6.21. The summed E-state index contributed by atoms with van der Waals surface area (Å²) >= 11 is 0. The number of fused-ring (bicyclic) bond motifs is 1. The van der Waals surface area contributed by atoms with E-state index < -0.39 is 11.7 Å². The number of primary amides is 1. The molecule has 0 aliphatic heterocycles. The lowest BCUT2D eigenvalue weighted by Crippen LogP contribution is -2.71. The Hall–Kier alpha value is -2.55. The van der Waals surface area contributed by atoms with E-state index in [1.54, 1.807) is 10.9 Å². The van der Waals surface area contributed by atoms with Crippen molar-refractivity contribution < 1.29 is 19.1 Å². The van der Waals surface area contributed by atoms with E-state index in [0.717, 1.165) is 25.7 Å². The smallest absolute Gasteiger partial charge is 0.405 e. The zero-order valence-electron chi connectivity index (χ0n) is 21.2. The first kappa shape index (κ1) is 24.6. The first-order chi connectivity index (χ1) is 15.9. The van der Waals surface area contributed by atoms with Crippen molar-refractivity contribution in [3.8, 4) is 5.88 Å². The first-order valence-electron chi connectivity index (χ1n) is 12.3. The predicted molar refractivity (Wildman–Crippen MR) is 129 cm³/mol. The quantitative estimate of drug-likeness (QED) is 0.533. The summed E-state index contributed by atoms with van der Waals surface area (Å²) in [4.78, 5) is 25.2. The van der Waals surface area contributed by atoms with Gasteiger partial charge in [-0.2, -0.15) is 5.10 Å². The van der Waals surface area contributed by atoms with Crippen LogP contribution in [-0.2, 0) is 4.74 Å². The van der Waals surface area contributed by atoms with Crippen LogP contribution in [0.5, 0.6) is 5.88 Å². The minimum Gasteiger partial charge on any atom is -0.474 e. The lowest BCUT2D eigenvalue weighted by molar-refractivity contribution is -0.174. The maximum Gasteiger partial charge on any atom is 0.405 e. The van der Waals surface area contributed by atoms with Crippen LogP contribution in [-0.4, -0.2) is 52.1 Å². The molecule has 0 aromatic carbocycles. The van der Waals surface area contributed by atoms with Crippen molar-refractivity contribution in [3.05, 3.63) is 17.8 Å². The van der Waals surface area contributed by atoms with Crippen LogP contribution in [0.1, 0.15) is 77.1 Å². The maximum absolute atomic E-state index is 13.5. The van der Waals surface area contributed by atoms with E-state index >= 15 is 0 Å². The summed E-state index contributed by atoms with van der Waals surface area (Å²) in [5.74, 6) is 1.19. The zero-order valence-corrected chi connectivity index (χ0v) is 21.2. The fraction of sp³-hybridized carbons (Fsp3) is 0.720. The van der Waals surface area contributed by atoms with Crippen molar-refractivity contribution in [2.45, 2.75) is 90.0 Å². The fourth-order valence-electron chi connectivity index (χ4n) is 6.53. The molecule has 3 aliphatic carbocycles. The van der Waals surface area contributed by atoms with E-state index in [4.69, 9.17) is 15.2 Å². The minimum absolute atomic E-state index is 0.0823. The molecule has 188 valence electrons. The van der Waals surface area contributed by atoms with Crippen LogP contribution >= 0.6 is 0 Å². The third kappa shape index (κ3) is 4.19. The van der Waals surface area contributed by atoms with Crippen molar-refractivity contribution in [1.82, 2.24) is 20.4 Å². The van der Waals surface area contributed by atoms with Crippen LogP contribution < -0.4 is 21.1 Å². The second kappa shape index (κ2) is 8.59. The lowest BCUT2D eigenvalue weighted by Gasteiger charge is -2.60. The molecule has 2 amide bonds. The standard InChI is InChI=1S/C25H39N5O4/c1-15(2)33-21-18(14-28-30(21)8-7-23(4,5)27-6)20(31)29-19-13-25(34-22(26)32)12-17-9-16(3)10-24(19,25)11-17/h7-8,14-17,19,27H,9-13H2,1-6H3,(H2,26,32)(H,29,31)/b8-7+/t16?,17?,19?,24?,25-/m0/s1. The number of nitrogens with zero attached hydrogens (tertiary/aromatic N) is 2. The van der Waals surface area contributed by atoms with E-state index in [9.17, 15) is 9.59 Å². The molecule has 3 fully saturated rings. The lowest BCUT2D eigenvalue weighted by atomic mass is 9.51. The molecule has 0 radical (unpaired) electrons. The number of rotatable bonds is 8. The Labute approximate surface area is 201 Å². The van der Waals surface area contributed by atoms with Gasteiger partial charge in [0.2, 0.25) is 5.88 Å². The zero-order chi connectivity index (χ0) is 24.9. The van der Waals surface area contributed by atoms with Gasteiger partial charge in [0.15, 0.2) is 0 Å². The van der Waals surface area contributed by atoms with Crippen LogP contribution in [0.15, 0.2) is 12.3 Å². The maximum atomic E-state index is 13.5. The third-order valence-electron chi connectivity index (χ3n) is 8.05. The molecule has 5 atom stereocenters. The second-order valence-electron chi connectivity index (χ2n) is 11.4. The molecular weight excluding hydrogens is 434 g/mol. The van der Waals surface area contributed by atoms with Crippen LogP contribution in [0.4, 0.5) is 4.79 Å². The topological polar surface area (TPSA) is 121 Å². The molecule has 1 aromatic rings. The van der Waals surface area contributed by atoms with E-state index in [1.807, 2.05) is 47.0 Å². The van der Waals surface area contributed by atoms with Gasteiger partial charge in [-0.3, -0.25) is 4.79 Å². The normalized spacial score (nSPS) is 32.4. The molecule has 2 bridgehead atoms. The number of ether oxygens (including phenoxy) is 2. The summed E-state index contributed by atoms with van der Waals surface area (Å²) in [6.07, 6.45) is 8.89. The molecule has 34 heavy (non-hydrogen) atoms. The fourth-order valence-corrected chi connectivity index (χ4v) is 6.53. The Morgan fingerprint density at radius 1 is 1.29 bits per heavy atom. The average Bonchev–Trinajstić information content (AvgIpc) is 3.19. The Balaban J connectivity index is 1.58. The van der Waals surface area contributed by atoms with Gasteiger partial charge in [-0.15, -0.1) is 0 Å². The highest BCUT2D eigenvalue weighted by atomic mass is 16.6. The molecule has 4 N–H and O–H groups in total. The van der Waals surface area contributed by atoms with Crippen LogP contribution in [0.2, 0.25) is 0 Å². The molecule has 3 saturated carbocycles. The molecule has 4 unspecified atom stereocenters. The van der Waals surface area contributed by atoms with Gasteiger partial charge in [0.1, 0.15) is 11.2 Å². The van der Waals surface area contributed by atoms with Crippen molar-refractivity contribution in [2.24, 2.45) is 23.0 Å². The highest BCUT2D eigenvalue weighted by Gasteiger charge is 2.74. The Morgan fingerprint density at radius 2 is 2.03 bits per heavy atom. The largest absolute Gasteiger partial charge is 0.474 e. The molecule has 1 heterocycles. The summed E-state index contributed by atoms with van der Waals surface area (Å²) in [7, 11) is 1.89. The summed E-state index contributed by atoms with van der Waals surface area (Å²) in [6.45, 7) is 10.2. The number of amides is 2. The number of carbonyl (C=O) groups is 2. The number of likely N-dealkylation sites (N-methyl/N-ethyl adjacent to an activating group) is 1. The number of hydrogen-bond donors (Lipinski definition) is 3. The van der Waals surface area contributed by atoms with Gasteiger partial charge in [-0.1, -0.05) is 6.92 Å². The van der Waals surface area contributed by atoms with Gasteiger partial charge in [0.25, 0.3) is 5.91 Å². The number of nitrogens with two attached hydrogens (primary N) is 1. The van der Waals surface area contributed by atoms with Crippen LogP contribution in [0, 0.1) is 17.3 Å². The summed E-state index contributed by atoms with van der Waals surface area (Å²) in [5.41, 5.74) is 4.79. The Bertz CT molecular complexity index is 986. The van der Waals surface area contributed by atoms with E-state index in [2.05, 4.69) is 22.7 Å². The molecule has 4 rings (SSSR count). The Morgan fingerprint density at radius 3 is 2.68 bits per heavy atom. The number of aromatic nitrogens is 2. The van der Waals surface area contributed by atoms with Gasteiger partial charge in [0, 0.05) is 29.6 Å². The predicted octanol–water partition coefficient (Wildman–Crippen LogP) is 3.30. The van der Waals surface area contributed by atoms with E-state index in [1.165, 1.54) is 0 Å². The summed E-state index contributed by atoms with van der Waals surface area (Å²) in [6, 6.07) is -0.0823. The van der Waals surface area contributed by atoms with Crippen LogP contribution in [0.25, 0.3) is 6.20 Å². The third-order valence-corrected chi connectivity index (χ3v) is 8.05. The highest BCUT2D eigenvalue weighted by Crippen LogP contribution is 2.70. The van der Waals surface area contributed by atoms with Crippen molar-refractivity contribution in [3.63, 3.8) is 0 Å². The van der Waals surface area contributed by atoms with E-state index in [0.29, 0.717) is 29.7 Å². The number of carbonyl (C=O) groups excluding carboxylic acids is 2. The van der Waals surface area contributed by atoms with Crippen molar-refractivity contribution >= 4 is 18.2 Å². The van der Waals surface area contributed by atoms with Crippen molar-refractivity contribution in [2.75, 3.05) is 7.05 Å². The highest BCUT2D eigenvalue weighted by molar-refractivity contribution is 5.96. The van der Waals surface area contributed by atoms with Gasteiger partial charge in [0.05, 0.1) is 12.3 Å². The molecule has 1 spiro atoms. The monoisotopic (exact) mass is 473 g/mol. The number of nitrogens with one attached hydrogen (secondary N) is 2. The molecule has 1 aromatic heterocycles. The van der Waals surface area contributed by atoms with Crippen LogP contribution in [0.3, 0.4) is 0 Å². The molecular formula is C25H39N5O4. The van der Waals surface area contributed by atoms with Gasteiger partial charge in [-0.25, -0.2) is 9.48 Å². The van der Waals surface area contributed by atoms with Gasteiger partial charge >= 0.3 is 6.09 Å². The second-order valence-corrected chi connectivity index (χ2v) is 11.4. The van der Waals surface area contributed by atoms with Gasteiger partial charge < -0.3 is 25.8 Å². The summed E-state index contributed by atoms with van der Waals surface area (Å²) < 4.78 is 13.4. The molecule has 0 saturated heterocycles. The van der Waals surface area contributed by atoms with Crippen molar-refractivity contribution in [1.29, 1.82) is 0 Å². The SMILES string of the molecule is CNC(C)(C)/C=C/n1ncc(C(=O)NC2C[C@@]3(OC(N)=O)CC4CC(C)CC23C4)c1OC(C)C. The van der Waals surface area contributed by atoms with E-state index in [-0.39, 0.29) is 29.0 Å². The molecule has 9 nitrogen and oxygen atoms in total.